The lowest BCUT2D eigenvalue weighted by atomic mass is 9.80. The fraction of sp³-hybridized carbons (Fsp3) is 0.294. The zero-order valence-corrected chi connectivity index (χ0v) is 22.7. The highest BCUT2D eigenvalue weighted by molar-refractivity contribution is 6.08. The van der Waals surface area contributed by atoms with E-state index in [2.05, 4.69) is 78.3 Å². The maximum Gasteiger partial charge on any atom is 0.228 e. The first-order valence-corrected chi connectivity index (χ1v) is 13.9. The third-order valence-electron chi connectivity index (χ3n) is 8.05. The van der Waals surface area contributed by atoms with Crippen molar-refractivity contribution >= 4 is 27.8 Å². The average Bonchev–Trinajstić information content (AvgIpc) is 3.27. The van der Waals surface area contributed by atoms with Gasteiger partial charge in [0.15, 0.2) is 0 Å². The van der Waals surface area contributed by atoms with Crippen LogP contribution >= 0.6 is 0 Å². The number of aromatic nitrogens is 2. The van der Waals surface area contributed by atoms with Crippen LogP contribution in [0.3, 0.4) is 0 Å². The average molecular weight is 518 g/mol. The van der Waals surface area contributed by atoms with Gasteiger partial charge in [-0.3, -0.25) is 4.79 Å². The van der Waals surface area contributed by atoms with E-state index in [1.807, 2.05) is 30.3 Å². The number of benzene rings is 3. The first-order chi connectivity index (χ1) is 19.1. The highest BCUT2D eigenvalue weighted by atomic mass is 16.5. The second-order valence-corrected chi connectivity index (χ2v) is 10.8. The van der Waals surface area contributed by atoms with Crippen LogP contribution in [0.25, 0.3) is 21.9 Å². The van der Waals surface area contributed by atoms with E-state index in [0.29, 0.717) is 19.8 Å². The molecule has 5 aromatic rings. The number of para-hydroxylation sites is 1. The highest BCUT2D eigenvalue weighted by Crippen LogP contribution is 2.34. The van der Waals surface area contributed by atoms with Crippen LogP contribution in [0, 0.1) is 19.8 Å². The molecule has 1 aliphatic heterocycles. The number of amides is 1. The summed E-state index contributed by atoms with van der Waals surface area (Å²) < 4.78 is 7.94. The van der Waals surface area contributed by atoms with E-state index < -0.39 is 0 Å². The molecule has 3 aromatic carbocycles. The molecule has 1 amide bonds. The van der Waals surface area contributed by atoms with E-state index in [9.17, 15) is 4.79 Å². The van der Waals surface area contributed by atoms with Gasteiger partial charge in [-0.15, -0.1) is 0 Å². The third-order valence-corrected chi connectivity index (χ3v) is 8.05. The van der Waals surface area contributed by atoms with Gasteiger partial charge in [-0.1, -0.05) is 72.8 Å². The number of aryl methyl sites for hydroxylation is 2. The summed E-state index contributed by atoms with van der Waals surface area (Å²) in [6.45, 7) is 6.92. The highest BCUT2D eigenvalue weighted by Gasteiger charge is 2.31. The van der Waals surface area contributed by atoms with Gasteiger partial charge in [0, 0.05) is 42.8 Å². The number of ether oxygens (including phenoxy) is 1. The number of carbonyl (C=O) groups is 1. The molecule has 3 heterocycles. The molecule has 5 heteroatoms. The summed E-state index contributed by atoms with van der Waals surface area (Å²) >= 11 is 0. The van der Waals surface area contributed by atoms with Gasteiger partial charge in [0.25, 0.3) is 0 Å². The van der Waals surface area contributed by atoms with Crippen molar-refractivity contribution in [2.75, 3.05) is 13.2 Å². The standard InChI is InChI=1S/C34H35N3O2/c1-23-20-24(2)36-33-31(23)29-10-6-7-11-30(29)37(33)22-26-12-14-27(15-13-26)32(28-16-18-39-19-17-28)34(38)35-21-25-8-4-3-5-9-25/h3-15,20,28,32H,16-19,21-22H2,1-2H3,(H,35,38). The summed E-state index contributed by atoms with van der Waals surface area (Å²) in [6, 6.07) is 29.5. The second kappa shape index (κ2) is 11.0. The van der Waals surface area contributed by atoms with Crippen LogP contribution in [0.2, 0.25) is 0 Å². The Bertz CT molecular complexity index is 1600. The molecule has 39 heavy (non-hydrogen) atoms. The molecule has 2 aromatic heterocycles. The monoisotopic (exact) mass is 517 g/mol. The van der Waals surface area contributed by atoms with E-state index >= 15 is 0 Å². The summed E-state index contributed by atoms with van der Waals surface area (Å²) in [5.41, 5.74) is 7.87. The molecule has 0 aliphatic carbocycles. The van der Waals surface area contributed by atoms with Crippen molar-refractivity contribution in [2.45, 2.75) is 45.7 Å². The smallest absolute Gasteiger partial charge is 0.228 e. The van der Waals surface area contributed by atoms with Gasteiger partial charge in [0.05, 0.1) is 11.4 Å². The van der Waals surface area contributed by atoms with Crippen molar-refractivity contribution in [3.8, 4) is 0 Å². The number of fused-ring (bicyclic) bond motifs is 3. The molecule has 1 saturated heterocycles. The molecule has 0 spiro atoms. The van der Waals surface area contributed by atoms with Crippen LogP contribution in [0.1, 0.15) is 46.7 Å². The lowest BCUT2D eigenvalue weighted by Gasteiger charge is -2.30. The number of nitrogens with one attached hydrogen (secondary N) is 1. The van der Waals surface area contributed by atoms with Crippen molar-refractivity contribution in [1.29, 1.82) is 0 Å². The Hall–Kier alpha value is -3.96. The van der Waals surface area contributed by atoms with Gasteiger partial charge in [-0.25, -0.2) is 4.98 Å². The van der Waals surface area contributed by atoms with Crippen LogP contribution in [-0.4, -0.2) is 28.7 Å². The maximum atomic E-state index is 13.5. The van der Waals surface area contributed by atoms with Crippen molar-refractivity contribution in [3.05, 3.63) is 113 Å². The van der Waals surface area contributed by atoms with Gasteiger partial charge in [-0.05, 0) is 67.0 Å². The SMILES string of the molecule is Cc1cc(C)c2c3ccccc3n(Cc3ccc(C(C(=O)NCc4ccccc4)C4CCOCC4)cc3)c2n1. The minimum atomic E-state index is -0.188. The fourth-order valence-electron chi connectivity index (χ4n) is 6.13. The Labute approximate surface area is 229 Å². The van der Waals surface area contributed by atoms with E-state index in [4.69, 9.17) is 9.72 Å². The minimum absolute atomic E-state index is 0.0936. The Morgan fingerprint density at radius 2 is 1.67 bits per heavy atom. The molecular weight excluding hydrogens is 482 g/mol. The lowest BCUT2D eigenvalue weighted by molar-refractivity contribution is -0.124. The Kier molecular flexibility index (Phi) is 7.16. The van der Waals surface area contributed by atoms with Crippen LogP contribution in [-0.2, 0) is 22.6 Å². The Morgan fingerprint density at radius 1 is 0.949 bits per heavy atom. The summed E-state index contributed by atoms with van der Waals surface area (Å²) in [6.07, 6.45) is 1.80. The Morgan fingerprint density at radius 3 is 2.44 bits per heavy atom. The van der Waals surface area contributed by atoms with Gasteiger partial charge in [0.2, 0.25) is 5.91 Å². The van der Waals surface area contributed by atoms with Crippen LogP contribution in [0.15, 0.2) is 84.9 Å². The summed E-state index contributed by atoms with van der Waals surface area (Å²) in [7, 11) is 0. The van der Waals surface area contributed by atoms with E-state index in [1.54, 1.807) is 0 Å². The minimum Gasteiger partial charge on any atom is -0.381 e. The second-order valence-electron chi connectivity index (χ2n) is 10.8. The lowest BCUT2D eigenvalue weighted by Crippen LogP contribution is -2.35. The van der Waals surface area contributed by atoms with Crippen molar-refractivity contribution in [1.82, 2.24) is 14.9 Å². The van der Waals surface area contributed by atoms with Crippen LogP contribution in [0.4, 0.5) is 0 Å². The first kappa shape index (κ1) is 25.3. The van der Waals surface area contributed by atoms with E-state index in [0.717, 1.165) is 41.9 Å². The molecule has 1 unspecified atom stereocenters. The molecule has 0 bridgehead atoms. The summed E-state index contributed by atoms with van der Waals surface area (Å²) in [5, 5.41) is 5.67. The van der Waals surface area contributed by atoms with Gasteiger partial charge < -0.3 is 14.6 Å². The van der Waals surface area contributed by atoms with E-state index in [1.165, 1.54) is 27.4 Å². The van der Waals surface area contributed by atoms with Crippen LogP contribution in [0.5, 0.6) is 0 Å². The molecule has 198 valence electrons. The maximum absolute atomic E-state index is 13.5. The van der Waals surface area contributed by atoms with Gasteiger partial charge in [-0.2, -0.15) is 0 Å². The zero-order valence-electron chi connectivity index (χ0n) is 22.7. The summed E-state index contributed by atoms with van der Waals surface area (Å²) in [5.74, 6) is 0.177. The molecule has 0 saturated carbocycles. The number of nitrogens with zero attached hydrogens (tertiary/aromatic N) is 2. The Balaban J connectivity index is 1.29. The van der Waals surface area contributed by atoms with Crippen LogP contribution < -0.4 is 5.32 Å². The molecule has 1 aliphatic rings. The molecular formula is C34H35N3O2. The number of pyridine rings is 1. The number of hydrogen-bond donors (Lipinski definition) is 1. The van der Waals surface area contributed by atoms with Gasteiger partial charge in [0.1, 0.15) is 5.65 Å². The van der Waals surface area contributed by atoms with Gasteiger partial charge >= 0.3 is 0 Å². The third kappa shape index (κ3) is 5.19. The zero-order chi connectivity index (χ0) is 26.8. The molecule has 1 N–H and O–H groups in total. The number of rotatable bonds is 7. The largest absolute Gasteiger partial charge is 0.381 e. The molecule has 6 rings (SSSR count). The number of hydrogen-bond acceptors (Lipinski definition) is 3. The number of carbonyl (C=O) groups excluding carboxylic acids is 1. The molecule has 0 radical (unpaired) electrons. The van der Waals surface area contributed by atoms with Crippen molar-refractivity contribution in [2.24, 2.45) is 5.92 Å². The topological polar surface area (TPSA) is 56.2 Å². The predicted octanol–water partition coefficient (Wildman–Crippen LogP) is 6.68. The predicted molar refractivity (Wildman–Crippen MR) is 157 cm³/mol. The van der Waals surface area contributed by atoms with Crippen molar-refractivity contribution < 1.29 is 9.53 Å². The molecule has 1 fully saturated rings. The fourth-order valence-corrected chi connectivity index (χ4v) is 6.13. The molecule has 5 nitrogen and oxygen atoms in total. The normalized spacial score (nSPS) is 15.0. The van der Waals surface area contributed by atoms with Crippen molar-refractivity contribution in [3.63, 3.8) is 0 Å². The summed E-state index contributed by atoms with van der Waals surface area (Å²) in [4.78, 5) is 18.5. The van der Waals surface area contributed by atoms with E-state index in [-0.39, 0.29) is 17.7 Å². The molecule has 1 atom stereocenters. The first-order valence-electron chi connectivity index (χ1n) is 13.9. The quantitative estimate of drug-likeness (QED) is 0.262.